The number of thioether (sulfide) groups is 1. The smallest absolute Gasteiger partial charge is 0.203 e. The minimum absolute atomic E-state index is 0.508. The highest BCUT2D eigenvalue weighted by molar-refractivity contribution is 8.00. The van der Waals surface area contributed by atoms with Crippen molar-refractivity contribution in [3.8, 4) is 0 Å². The molecule has 0 aliphatic rings. The number of nitrogen functional groups attached to an aromatic ring is 1. The van der Waals surface area contributed by atoms with E-state index in [-0.39, 0.29) is 0 Å². The van der Waals surface area contributed by atoms with E-state index in [9.17, 15) is 0 Å². The molecule has 2 heterocycles. The normalized spacial score (nSPS) is 10.6. The van der Waals surface area contributed by atoms with Crippen LogP contribution in [0.5, 0.6) is 0 Å². The number of nitrogens with zero attached hydrogens (tertiary/aromatic N) is 4. The van der Waals surface area contributed by atoms with E-state index >= 15 is 0 Å². The Labute approximate surface area is 93.0 Å². The van der Waals surface area contributed by atoms with E-state index in [0.29, 0.717) is 5.13 Å². The van der Waals surface area contributed by atoms with Gasteiger partial charge in [-0.3, -0.25) is 0 Å². The Hall–Kier alpha value is -0.730. The van der Waals surface area contributed by atoms with Crippen LogP contribution in [0, 0.1) is 6.92 Å². The maximum Gasteiger partial charge on any atom is 0.203 e. The second-order valence-corrected chi connectivity index (χ2v) is 5.50. The number of nitrogens with two attached hydrogens (primary N) is 1. The molecular formula is C6H7N5S3. The predicted molar refractivity (Wildman–Crippen MR) is 58.5 cm³/mol. The van der Waals surface area contributed by atoms with E-state index < -0.39 is 0 Å². The molecule has 0 spiro atoms. The lowest BCUT2D eigenvalue weighted by Crippen LogP contribution is -1.81. The second-order valence-electron chi connectivity index (χ2n) is 2.43. The van der Waals surface area contributed by atoms with Gasteiger partial charge in [0.15, 0.2) is 4.34 Å². The van der Waals surface area contributed by atoms with Crippen LogP contribution >= 0.6 is 34.6 Å². The van der Waals surface area contributed by atoms with Crippen molar-refractivity contribution in [1.82, 2.24) is 19.6 Å². The minimum Gasteiger partial charge on any atom is -0.374 e. The van der Waals surface area contributed by atoms with Crippen molar-refractivity contribution in [2.45, 2.75) is 17.0 Å². The SMILES string of the molecule is Cc1nsc(SCc2nnc(N)s2)n1. The Bertz CT molecular complexity index is 382. The van der Waals surface area contributed by atoms with Gasteiger partial charge >= 0.3 is 0 Å². The topological polar surface area (TPSA) is 77.6 Å². The summed E-state index contributed by atoms with van der Waals surface area (Å²) in [6.07, 6.45) is 0. The summed E-state index contributed by atoms with van der Waals surface area (Å²) in [4.78, 5) is 4.23. The number of aromatic nitrogens is 4. The summed E-state index contributed by atoms with van der Waals surface area (Å²) >= 11 is 4.41. The molecule has 0 atom stereocenters. The molecule has 2 aromatic heterocycles. The van der Waals surface area contributed by atoms with Gasteiger partial charge in [-0.2, -0.15) is 4.37 Å². The van der Waals surface area contributed by atoms with Crippen LogP contribution in [-0.4, -0.2) is 19.6 Å². The molecule has 0 amide bonds. The summed E-state index contributed by atoms with van der Waals surface area (Å²) in [5.74, 6) is 1.57. The first kappa shape index (κ1) is 9.81. The first-order valence-electron chi connectivity index (χ1n) is 3.75. The third kappa shape index (κ3) is 2.40. The third-order valence-corrected chi connectivity index (χ3v) is 4.18. The lowest BCUT2D eigenvalue weighted by atomic mass is 10.8. The summed E-state index contributed by atoms with van der Waals surface area (Å²) in [6, 6.07) is 0. The fraction of sp³-hybridized carbons (Fsp3) is 0.333. The standard InChI is InChI=1S/C6H7N5S3/c1-3-8-6(14-11-3)12-2-4-9-10-5(7)13-4/h2H2,1H3,(H2,7,10). The monoisotopic (exact) mass is 245 g/mol. The van der Waals surface area contributed by atoms with Gasteiger partial charge in [-0.05, 0) is 18.5 Å². The van der Waals surface area contributed by atoms with E-state index in [1.54, 1.807) is 11.8 Å². The summed E-state index contributed by atoms with van der Waals surface area (Å²) in [6.45, 7) is 1.88. The van der Waals surface area contributed by atoms with Crippen LogP contribution in [0.4, 0.5) is 5.13 Å². The van der Waals surface area contributed by atoms with Gasteiger partial charge in [0.2, 0.25) is 5.13 Å². The van der Waals surface area contributed by atoms with Gasteiger partial charge in [0, 0.05) is 0 Å². The Balaban J connectivity index is 1.94. The van der Waals surface area contributed by atoms with Gasteiger partial charge in [0.1, 0.15) is 10.8 Å². The zero-order chi connectivity index (χ0) is 9.97. The van der Waals surface area contributed by atoms with Crippen LogP contribution in [0.2, 0.25) is 0 Å². The molecule has 0 saturated heterocycles. The second kappa shape index (κ2) is 4.20. The van der Waals surface area contributed by atoms with E-state index in [1.807, 2.05) is 6.92 Å². The third-order valence-electron chi connectivity index (χ3n) is 1.31. The van der Waals surface area contributed by atoms with Crippen LogP contribution in [0.25, 0.3) is 0 Å². The molecule has 14 heavy (non-hydrogen) atoms. The Morgan fingerprint density at radius 1 is 1.43 bits per heavy atom. The van der Waals surface area contributed by atoms with Crippen LogP contribution in [0.3, 0.4) is 0 Å². The van der Waals surface area contributed by atoms with Crippen LogP contribution in [0.15, 0.2) is 4.34 Å². The van der Waals surface area contributed by atoms with Gasteiger partial charge in [-0.25, -0.2) is 4.98 Å². The molecule has 0 fully saturated rings. The van der Waals surface area contributed by atoms with Crippen molar-refractivity contribution in [1.29, 1.82) is 0 Å². The molecule has 0 saturated carbocycles. The first-order chi connectivity index (χ1) is 6.74. The van der Waals surface area contributed by atoms with Crippen molar-refractivity contribution in [3.05, 3.63) is 10.8 Å². The lowest BCUT2D eigenvalue weighted by Gasteiger charge is -1.89. The number of hydrogen-bond acceptors (Lipinski definition) is 8. The maximum atomic E-state index is 5.46. The molecule has 0 aliphatic carbocycles. The average molecular weight is 245 g/mol. The van der Waals surface area contributed by atoms with E-state index in [1.165, 1.54) is 22.9 Å². The molecule has 2 aromatic rings. The van der Waals surface area contributed by atoms with Crippen molar-refractivity contribution in [2.75, 3.05) is 5.73 Å². The molecule has 0 unspecified atom stereocenters. The number of hydrogen-bond donors (Lipinski definition) is 1. The lowest BCUT2D eigenvalue weighted by molar-refractivity contribution is 1.04. The number of aryl methyl sites for hydroxylation is 1. The molecule has 2 N–H and O–H groups in total. The van der Waals surface area contributed by atoms with E-state index in [4.69, 9.17) is 5.73 Å². The summed E-state index contributed by atoms with van der Waals surface area (Å²) < 4.78 is 5.04. The highest BCUT2D eigenvalue weighted by Gasteiger charge is 2.05. The highest BCUT2D eigenvalue weighted by Crippen LogP contribution is 2.25. The van der Waals surface area contributed by atoms with Gasteiger partial charge in [0.05, 0.1) is 5.75 Å². The van der Waals surface area contributed by atoms with Gasteiger partial charge in [0.25, 0.3) is 0 Å². The Morgan fingerprint density at radius 3 is 2.86 bits per heavy atom. The largest absolute Gasteiger partial charge is 0.374 e. The highest BCUT2D eigenvalue weighted by atomic mass is 32.2. The molecule has 2 rings (SSSR count). The van der Waals surface area contributed by atoms with Crippen LogP contribution in [-0.2, 0) is 5.75 Å². The molecule has 0 aromatic carbocycles. The van der Waals surface area contributed by atoms with Crippen LogP contribution < -0.4 is 5.73 Å². The first-order valence-corrected chi connectivity index (χ1v) is 6.32. The number of rotatable bonds is 3. The fourth-order valence-electron chi connectivity index (χ4n) is 0.785. The Kier molecular flexibility index (Phi) is 2.94. The summed E-state index contributed by atoms with van der Waals surface area (Å²) in [5.41, 5.74) is 5.46. The quantitative estimate of drug-likeness (QED) is 0.827. The molecule has 0 aliphatic heterocycles. The van der Waals surface area contributed by atoms with E-state index in [2.05, 4.69) is 19.6 Å². The molecular weight excluding hydrogens is 238 g/mol. The molecule has 74 valence electrons. The average Bonchev–Trinajstić information content (AvgIpc) is 2.72. The van der Waals surface area contributed by atoms with Gasteiger partial charge in [-0.1, -0.05) is 23.1 Å². The Morgan fingerprint density at radius 2 is 2.29 bits per heavy atom. The predicted octanol–water partition coefficient (Wildman–Crippen LogP) is 1.57. The van der Waals surface area contributed by atoms with E-state index in [0.717, 1.165) is 20.9 Å². The molecule has 0 radical (unpaired) electrons. The van der Waals surface area contributed by atoms with Crippen molar-refractivity contribution in [3.63, 3.8) is 0 Å². The zero-order valence-electron chi connectivity index (χ0n) is 7.30. The summed E-state index contributed by atoms with van der Waals surface area (Å²) in [5, 5.41) is 9.08. The maximum absolute atomic E-state index is 5.46. The van der Waals surface area contributed by atoms with Gasteiger partial charge < -0.3 is 5.73 Å². The number of anilines is 1. The van der Waals surface area contributed by atoms with Gasteiger partial charge in [-0.15, -0.1) is 10.2 Å². The summed E-state index contributed by atoms with van der Waals surface area (Å²) in [7, 11) is 0. The van der Waals surface area contributed by atoms with Crippen LogP contribution in [0.1, 0.15) is 10.8 Å². The fourth-order valence-corrected chi connectivity index (χ4v) is 3.03. The minimum atomic E-state index is 0.508. The van der Waals surface area contributed by atoms with Crippen molar-refractivity contribution in [2.24, 2.45) is 0 Å². The van der Waals surface area contributed by atoms with Crippen molar-refractivity contribution < 1.29 is 0 Å². The molecule has 8 heteroatoms. The van der Waals surface area contributed by atoms with Crippen molar-refractivity contribution >= 4 is 39.8 Å². The molecule has 5 nitrogen and oxygen atoms in total. The zero-order valence-corrected chi connectivity index (χ0v) is 9.75. The molecule has 0 bridgehead atoms.